The minimum atomic E-state index is -0.899. The Kier molecular flexibility index (Phi) is 11.7. The lowest BCUT2D eigenvalue weighted by Gasteiger charge is -2.21. The largest absolute Gasteiger partial charge is 0.444 e. The topological polar surface area (TPSA) is 161 Å². The van der Waals surface area contributed by atoms with Gasteiger partial charge in [0.25, 0.3) is 5.91 Å². The monoisotopic (exact) mass is 754 g/mol. The summed E-state index contributed by atoms with van der Waals surface area (Å²) in [7, 11) is 1.89. The summed E-state index contributed by atoms with van der Waals surface area (Å²) in [4.78, 5) is 53.4. The second-order valence-electron chi connectivity index (χ2n) is 13.9. The van der Waals surface area contributed by atoms with E-state index in [1.807, 2.05) is 67.4 Å². The molecule has 53 heavy (non-hydrogen) atoms. The number of ether oxygens (including phenoxy) is 2. The third-order valence-electron chi connectivity index (χ3n) is 7.26. The zero-order chi connectivity index (χ0) is 38.5. The number of nitrogens with zero attached hydrogens (tertiary/aromatic N) is 5. The van der Waals surface area contributed by atoms with E-state index in [1.54, 1.807) is 64.6 Å². The summed E-state index contributed by atoms with van der Waals surface area (Å²) in [5.74, 6) is -0.382. The van der Waals surface area contributed by atoms with Crippen molar-refractivity contribution >= 4 is 75.5 Å². The van der Waals surface area contributed by atoms with Gasteiger partial charge in [-0.05, 0) is 102 Å². The fourth-order valence-electron chi connectivity index (χ4n) is 5.09. The van der Waals surface area contributed by atoms with Crippen LogP contribution in [-0.4, -0.2) is 58.9 Å². The number of aliphatic imine (C=N–C) groups is 2. The number of carbonyl (C=O) groups excluding carboxylic acids is 3. The van der Waals surface area contributed by atoms with E-state index in [0.29, 0.717) is 45.1 Å². The Bertz CT molecular complexity index is 2050. The molecule has 15 heteroatoms. The van der Waals surface area contributed by atoms with Crippen molar-refractivity contribution in [2.24, 2.45) is 9.98 Å². The Morgan fingerprint density at radius 2 is 1.66 bits per heavy atom. The van der Waals surface area contributed by atoms with E-state index in [2.05, 4.69) is 27.0 Å². The molecular formula is C38H42N8O5S2. The van der Waals surface area contributed by atoms with Crippen LogP contribution in [0.15, 0.2) is 91.5 Å². The highest BCUT2D eigenvalue weighted by atomic mass is 32.2. The lowest BCUT2D eigenvalue weighted by atomic mass is 10.2. The van der Waals surface area contributed by atoms with Crippen molar-refractivity contribution in [3.63, 3.8) is 0 Å². The second-order valence-corrected chi connectivity index (χ2v) is 15.9. The summed E-state index contributed by atoms with van der Waals surface area (Å²) in [5, 5.41) is 19.6. The molecule has 0 aliphatic carbocycles. The van der Waals surface area contributed by atoms with Crippen LogP contribution in [0.25, 0.3) is 0 Å². The highest BCUT2D eigenvalue weighted by Gasteiger charge is 2.39. The third-order valence-corrected chi connectivity index (χ3v) is 9.68. The highest BCUT2D eigenvalue weighted by molar-refractivity contribution is 8.19. The van der Waals surface area contributed by atoms with E-state index in [1.165, 1.54) is 23.5 Å². The minimum absolute atomic E-state index is 0.181. The van der Waals surface area contributed by atoms with E-state index in [9.17, 15) is 19.6 Å². The maximum absolute atomic E-state index is 14.3. The number of guanidine groups is 1. The number of fused-ring (bicyclic) bond motifs is 1. The average Bonchev–Trinajstić information content (AvgIpc) is 3.55. The van der Waals surface area contributed by atoms with Crippen LogP contribution in [0.2, 0.25) is 0 Å². The van der Waals surface area contributed by atoms with Crippen molar-refractivity contribution in [2.75, 3.05) is 29.1 Å². The number of amides is 3. The van der Waals surface area contributed by atoms with Crippen LogP contribution < -0.4 is 20.9 Å². The van der Waals surface area contributed by atoms with E-state index in [-0.39, 0.29) is 11.9 Å². The van der Waals surface area contributed by atoms with E-state index in [4.69, 9.17) is 14.5 Å². The molecular weight excluding hydrogens is 713 g/mol. The van der Waals surface area contributed by atoms with Crippen LogP contribution in [0.5, 0.6) is 0 Å². The molecule has 0 atom stereocenters. The number of benzene rings is 3. The molecule has 2 heterocycles. The summed E-state index contributed by atoms with van der Waals surface area (Å²) in [6.07, 6.45) is -1.70. The summed E-state index contributed by atoms with van der Waals surface area (Å²) in [5.41, 5.74) is 2.48. The second kappa shape index (κ2) is 16.1. The summed E-state index contributed by atoms with van der Waals surface area (Å²) < 4.78 is 10.7. The molecule has 0 saturated carbocycles. The van der Waals surface area contributed by atoms with Gasteiger partial charge in [-0.15, -0.1) is 4.99 Å². The Morgan fingerprint density at radius 1 is 0.943 bits per heavy atom. The van der Waals surface area contributed by atoms with Gasteiger partial charge in [0.1, 0.15) is 16.1 Å². The minimum Gasteiger partial charge on any atom is -0.444 e. The number of nitriles is 1. The third kappa shape index (κ3) is 10.1. The van der Waals surface area contributed by atoms with Crippen molar-refractivity contribution < 1.29 is 23.9 Å². The number of anilines is 3. The van der Waals surface area contributed by atoms with Gasteiger partial charge < -0.3 is 25.0 Å². The Balaban J connectivity index is 1.48. The number of hydrogen-bond acceptors (Lipinski definition) is 11. The van der Waals surface area contributed by atoms with Crippen LogP contribution in [0.3, 0.4) is 0 Å². The van der Waals surface area contributed by atoms with Gasteiger partial charge in [0.15, 0.2) is 5.17 Å². The Hall–Kier alpha value is -5.46. The molecule has 276 valence electrons. The smallest absolute Gasteiger partial charge is 0.437 e. The molecule has 0 unspecified atom stereocenters. The molecule has 0 radical (unpaired) electrons. The molecule has 3 aromatic carbocycles. The van der Waals surface area contributed by atoms with Crippen LogP contribution in [0.4, 0.5) is 32.3 Å². The quantitative estimate of drug-likeness (QED) is 0.126. The summed E-state index contributed by atoms with van der Waals surface area (Å²) in [6.45, 7) is 13.2. The number of hydrogen-bond donors (Lipinski definition) is 3. The summed E-state index contributed by atoms with van der Waals surface area (Å²) in [6, 6.07) is 22.6. The number of rotatable bonds is 6. The Labute approximate surface area is 317 Å². The molecule has 3 aromatic rings. The van der Waals surface area contributed by atoms with Crippen molar-refractivity contribution in [1.29, 1.82) is 5.26 Å². The number of thioether (sulfide) groups is 2. The molecule has 0 aromatic heterocycles. The first kappa shape index (κ1) is 38.8. The van der Waals surface area contributed by atoms with Gasteiger partial charge in [0.05, 0.1) is 40.3 Å². The summed E-state index contributed by atoms with van der Waals surface area (Å²) >= 11 is 2.68. The van der Waals surface area contributed by atoms with Crippen LogP contribution in [0.1, 0.15) is 59.6 Å². The van der Waals surface area contributed by atoms with Gasteiger partial charge in [-0.25, -0.2) is 14.6 Å². The van der Waals surface area contributed by atoms with Crippen molar-refractivity contribution in [3.8, 4) is 6.07 Å². The van der Waals surface area contributed by atoms with Gasteiger partial charge in [-0.1, -0.05) is 42.1 Å². The van der Waals surface area contributed by atoms with Crippen LogP contribution >= 0.6 is 23.5 Å². The highest BCUT2D eigenvalue weighted by Crippen LogP contribution is 2.51. The number of carbonyl (C=O) groups is 3. The van der Waals surface area contributed by atoms with Crippen LogP contribution in [-0.2, 0) is 20.8 Å². The van der Waals surface area contributed by atoms with Gasteiger partial charge in [0.2, 0.25) is 5.96 Å². The van der Waals surface area contributed by atoms with Gasteiger partial charge in [-0.2, -0.15) is 5.26 Å². The first-order chi connectivity index (χ1) is 25.0. The molecule has 2 aliphatic rings. The average molecular weight is 755 g/mol. The first-order valence-electron chi connectivity index (χ1n) is 16.8. The molecule has 3 N–H and O–H groups in total. The molecule has 13 nitrogen and oxygen atoms in total. The van der Waals surface area contributed by atoms with Gasteiger partial charge in [-0.3, -0.25) is 15.0 Å². The molecule has 5 rings (SSSR count). The van der Waals surface area contributed by atoms with Gasteiger partial charge >= 0.3 is 12.2 Å². The van der Waals surface area contributed by atoms with Crippen molar-refractivity contribution in [2.45, 2.75) is 71.1 Å². The zero-order valence-electron chi connectivity index (χ0n) is 30.9. The molecule has 1 fully saturated rings. The number of alkyl carbamates (subject to hydrolysis) is 1. The Morgan fingerprint density at radius 3 is 2.32 bits per heavy atom. The molecule has 1 saturated heterocycles. The lowest BCUT2D eigenvalue weighted by Crippen LogP contribution is -2.40. The normalized spacial score (nSPS) is 16.7. The maximum Gasteiger partial charge on any atom is 0.437 e. The predicted octanol–water partition coefficient (Wildman–Crippen LogP) is 8.39. The predicted molar refractivity (Wildman–Crippen MR) is 211 cm³/mol. The fraction of sp³-hybridized carbons (Fsp3) is 0.316. The zero-order valence-corrected chi connectivity index (χ0v) is 32.5. The van der Waals surface area contributed by atoms with E-state index < -0.39 is 23.4 Å². The van der Waals surface area contributed by atoms with Crippen molar-refractivity contribution in [3.05, 3.63) is 87.8 Å². The van der Waals surface area contributed by atoms with Crippen molar-refractivity contribution in [1.82, 2.24) is 10.2 Å². The molecule has 0 spiro atoms. The number of amidine groups is 1. The van der Waals surface area contributed by atoms with E-state index in [0.717, 1.165) is 21.8 Å². The van der Waals surface area contributed by atoms with E-state index >= 15 is 0 Å². The maximum atomic E-state index is 14.3. The first-order valence-corrected chi connectivity index (χ1v) is 18.5. The molecule has 3 amide bonds. The van der Waals surface area contributed by atoms with Gasteiger partial charge in [0, 0.05) is 24.2 Å². The fourth-order valence-corrected chi connectivity index (χ4v) is 7.47. The molecule has 0 bridgehead atoms. The standard InChI is InChI=1S/C38H42N8O5S2/c1-9-40-26-17-15-24(21-39)19-27(26)42-34-46(22-23-13-11-10-12-14-23)31(47)30(53-34)32-45(8)28-18-16-25(20-29(28)52-32)41-33(43-35(48)50-37(2,3)4)44-36(49)51-38(5,6)7/h10-20,40H,9,22H2,1-8H3,(H2,41,43,44,48,49). The SMILES string of the molecule is CCNc1ccc(C#N)cc1N=C1SC(=C2Sc3cc(NC(=NC(=O)OC(C)(C)C)NC(=O)OC(C)(C)C)ccc3N2C)C(=O)N1Cc1ccccc1. The molecule has 2 aliphatic heterocycles. The van der Waals surface area contributed by atoms with Crippen LogP contribution in [0, 0.1) is 11.3 Å². The lowest BCUT2D eigenvalue weighted by molar-refractivity contribution is -0.122. The number of nitrogens with one attached hydrogen (secondary N) is 3.